The number of hydrogen-bond donors (Lipinski definition) is 2. The molecule has 0 bridgehead atoms. The van der Waals surface area contributed by atoms with Gasteiger partial charge in [0.05, 0.1) is 5.69 Å². The number of para-hydroxylation sites is 1. The number of piperidine rings is 1. The lowest BCUT2D eigenvalue weighted by atomic mass is 10.1. The number of aromatic nitrogens is 2. The summed E-state index contributed by atoms with van der Waals surface area (Å²) in [6, 6.07) is 9.37. The quantitative estimate of drug-likeness (QED) is 0.327. The maximum Gasteiger partial charge on any atom is 0.511 e. The van der Waals surface area contributed by atoms with Crippen molar-refractivity contribution in [3.63, 3.8) is 0 Å². The van der Waals surface area contributed by atoms with Gasteiger partial charge in [-0.2, -0.15) is 22.6 Å². The predicted octanol–water partition coefficient (Wildman–Crippen LogP) is 2.47. The molecule has 31 heavy (non-hydrogen) atoms. The van der Waals surface area contributed by atoms with E-state index in [9.17, 15) is 21.6 Å². The number of sulfonamides is 1. The Labute approximate surface area is 196 Å². The first-order chi connectivity index (χ1) is 14.2. The number of benzene rings is 1. The molecule has 0 saturated carbocycles. The first-order valence-electron chi connectivity index (χ1n) is 9.34. The highest BCUT2D eigenvalue weighted by molar-refractivity contribution is 14.0. The number of guanidine groups is 1. The Kier molecular flexibility index (Phi) is 8.71. The minimum absolute atomic E-state index is 0. The largest absolute Gasteiger partial charge is 0.511 e. The SMILES string of the molecule is CN=C(NCc1ccccc1-n1cccn1)NC1CCN(S(=O)(=O)C(F)(F)F)CC1.I. The highest BCUT2D eigenvalue weighted by Crippen LogP contribution is 2.28. The smallest absolute Gasteiger partial charge is 0.354 e. The van der Waals surface area contributed by atoms with E-state index in [1.54, 1.807) is 17.9 Å². The molecule has 3 rings (SSSR count). The molecular weight excluding hydrogens is 548 g/mol. The van der Waals surface area contributed by atoms with Crippen LogP contribution in [-0.2, 0) is 16.6 Å². The van der Waals surface area contributed by atoms with E-state index >= 15 is 0 Å². The Morgan fingerprint density at radius 3 is 2.48 bits per heavy atom. The Morgan fingerprint density at radius 1 is 1.23 bits per heavy atom. The summed E-state index contributed by atoms with van der Waals surface area (Å²) in [6.07, 6.45) is 4.03. The summed E-state index contributed by atoms with van der Waals surface area (Å²) in [5.74, 6) is 0.488. The third kappa shape index (κ3) is 6.10. The lowest BCUT2D eigenvalue weighted by Gasteiger charge is -2.32. The Bertz CT molecular complexity index is 974. The molecule has 0 spiro atoms. The zero-order valence-corrected chi connectivity index (χ0v) is 19.9. The van der Waals surface area contributed by atoms with E-state index in [1.807, 2.05) is 36.5 Å². The van der Waals surface area contributed by atoms with Crippen molar-refractivity contribution in [2.75, 3.05) is 20.1 Å². The van der Waals surface area contributed by atoms with E-state index in [0.29, 0.717) is 16.8 Å². The van der Waals surface area contributed by atoms with Crippen LogP contribution in [0.15, 0.2) is 47.7 Å². The molecule has 2 aromatic rings. The van der Waals surface area contributed by atoms with Crippen LogP contribution >= 0.6 is 24.0 Å². The van der Waals surface area contributed by atoms with Gasteiger partial charge in [0.2, 0.25) is 0 Å². The van der Waals surface area contributed by atoms with Crippen LogP contribution in [-0.4, -0.2) is 60.2 Å². The van der Waals surface area contributed by atoms with Crippen molar-refractivity contribution in [1.82, 2.24) is 24.7 Å². The van der Waals surface area contributed by atoms with Crippen LogP contribution in [0, 0.1) is 0 Å². The van der Waals surface area contributed by atoms with Gasteiger partial charge in [-0.1, -0.05) is 18.2 Å². The van der Waals surface area contributed by atoms with Gasteiger partial charge >= 0.3 is 15.5 Å². The van der Waals surface area contributed by atoms with Crippen molar-refractivity contribution in [2.45, 2.75) is 30.9 Å². The summed E-state index contributed by atoms with van der Waals surface area (Å²) in [6.45, 7) is 0.0638. The fourth-order valence-electron chi connectivity index (χ4n) is 3.25. The van der Waals surface area contributed by atoms with Crippen LogP contribution in [0.5, 0.6) is 0 Å². The van der Waals surface area contributed by atoms with Crippen LogP contribution in [0.4, 0.5) is 13.2 Å². The normalized spacial score (nSPS) is 16.6. The highest BCUT2D eigenvalue weighted by atomic mass is 127. The van der Waals surface area contributed by atoms with Gasteiger partial charge in [-0.15, -0.1) is 24.0 Å². The summed E-state index contributed by atoms with van der Waals surface area (Å²) < 4.78 is 63.4. The third-order valence-electron chi connectivity index (χ3n) is 4.84. The molecule has 8 nitrogen and oxygen atoms in total. The van der Waals surface area contributed by atoms with Crippen molar-refractivity contribution in [3.05, 3.63) is 48.3 Å². The van der Waals surface area contributed by atoms with Gasteiger partial charge in [0.25, 0.3) is 0 Å². The zero-order valence-electron chi connectivity index (χ0n) is 16.7. The molecule has 1 fully saturated rings. The fourth-order valence-corrected chi connectivity index (χ4v) is 4.23. The molecule has 0 radical (unpaired) electrons. The second-order valence-corrected chi connectivity index (χ2v) is 8.70. The van der Waals surface area contributed by atoms with Crippen molar-refractivity contribution in [3.8, 4) is 5.69 Å². The van der Waals surface area contributed by atoms with Crippen LogP contribution in [0.1, 0.15) is 18.4 Å². The van der Waals surface area contributed by atoms with Crippen LogP contribution in [0.2, 0.25) is 0 Å². The summed E-state index contributed by atoms with van der Waals surface area (Å²) in [4.78, 5) is 4.16. The zero-order chi connectivity index (χ0) is 21.8. The fraction of sp³-hybridized carbons (Fsp3) is 0.444. The van der Waals surface area contributed by atoms with Gasteiger partial charge in [0, 0.05) is 45.1 Å². The maximum atomic E-state index is 12.7. The molecule has 2 N–H and O–H groups in total. The van der Waals surface area contributed by atoms with E-state index in [0.717, 1.165) is 11.3 Å². The molecule has 172 valence electrons. The number of rotatable bonds is 5. The van der Waals surface area contributed by atoms with E-state index in [1.165, 1.54) is 0 Å². The Morgan fingerprint density at radius 2 is 1.90 bits per heavy atom. The van der Waals surface area contributed by atoms with Gasteiger partial charge in [-0.05, 0) is 30.5 Å². The lowest BCUT2D eigenvalue weighted by Crippen LogP contribution is -2.51. The van der Waals surface area contributed by atoms with Crippen LogP contribution < -0.4 is 10.6 Å². The summed E-state index contributed by atoms with van der Waals surface area (Å²) in [7, 11) is -3.68. The van der Waals surface area contributed by atoms with E-state index in [2.05, 4.69) is 20.7 Å². The molecule has 1 saturated heterocycles. The number of nitrogens with one attached hydrogen (secondary N) is 2. The van der Waals surface area contributed by atoms with E-state index < -0.39 is 15.5 Å². The lowest BCUT2D eigenvalue weighted by molar-refractivity contribution is -0.0494. The van der Waals surface area contributed by atoms with Gasteiger partial charge in [-0.25, -0.2) is 13.1 Å². The molecule has 0 aliphatic carbocycles. The first kappa shape index (κ1) is 25.4. The van der Waals surface area contributed by atoms with E-state index in [4.69, 9.17) is 0 Å². The number of aliphatic imine (C=N–C) groups is 1. The molecule has 0 atom stereocenters. The molecule has 1 aromatic heterocycles. The molecule has 1 aliphatic heterocycles. The van der Waals surface area contributed by atoms with Gasteiger partial charge < -0.3 is 10.6 Å². The minimum Gasteiger partial charge on any atom is -0.354 e. The van der Waals surface area contributed by atoms with Gasteiger partial charge in [0.1, 0.15) is 0 Å². The average molecular weight is 572 g/mol. The molecule has 1 aromatic carbocycles. The molecule has 0 unspecified atom stereocenters. The highest BCUT2D eigenvalue weighted by Gasteiger charge is 2.50. The van der Waals surface area contributed by atoms with Crippen LogP contribution in [0.25, 0.3) is 5.69 Å². The Balaban J connectivity index is 0.00000341. The Hall–Kier alpha value is -1.87. The van der Waals surface area contributed by atoms with Gasteiger partial charge in [0.15, 0.2) is 5.96 Å². The van der Waals surface area contributed by atoms with Crippen molar-refractivity contribution in [1.29, 1.82) is 0 Å². The standard InChI is InChI=1S/C18H23F3N6O2S.HI/c1-22-17(23-13-14-5-2-3-6-16(14)27-10-4-9-24-27)25-15-7-11-26(12-8-15)30(28,29)18(19,20)21;/h2-6,9-10,15H,7-8,11-13H2,1H3,(H2,22,23,25);1H. The number of halogens is 4. The maximum absolute atomic E-state index is 12.7. The number of nitrogens with zero attached hydrogens (tertiary/aromatic N) is 4. The summed E-state index contributed by atoms with van der Waals surface area (Å²) >= 11 is 0. The van der Waals surface area contributed by atoms with Crippen molar-refractivity contribution >= 4 is 40.0 Å². The second kappa shape index (κ2) is 10.6. The third-order valence-corrected chi connectivity index (χ3v) is 6.47. The van der Waals surface area contributed by atoms with Crippen LogP contribution in [0.3, 0.4) is 0 Å². The minimum atomic E-state index is -5.28. The number of hydrogen-bond acceptors (Lipinski definition) is 4. The summed E-state index contributed by atoms with van der Waals surface area (Å²) in [5, 5.41) is 10.6. The molecular formula is C18H24F3IN6O2S. The topological polar surface area (TPSA) is 91.6 Å². The monoisotopic (exact) mass is 572 g/mol. The summed E-state index contributed by atoms with van der Waals surface area (Å²) in [5.41, 5.74) is -3.38. The number of alkyl halides is 3. The van der Waals surface area contributed by atoms with E-state index in [-0.39, 0.29) is 55.9 Å². The molecule has 13 heteroatoms. The molecule has 0 amide bonds. The predicted molar refractivity (Wildman–Crippen MR) is 122 cm³/mol. The van der Waals surface area contributed by atoms with Gasteiger partial charge in [-0.3, -0.25) is 4.99 Å². The average Bonchev–Trinajstić information content (AvgIpc) is 3.25. The van der Waals surface area contributed by atoms with Crippen molar-refractivity contribution in [2.24, 2.45) is 4.99 Å². The molecule has 1 aliphatic rings. The van der Waals surface area contributed by atoms with Crippen molar-refractivity contribution < 1.29 is 21.6 Å². The second-order valence-electron chi connectivity index (χ2n) is 6.77. The first-order valence-corrected chi connectivity index (χ1v) is 10.8. The molecule has 2 heterocycles.